The van der Waals surface area contributed by atoms with Gasteiger partial charge in [-0.2, -0.15) is 0 Å². The quantitative estimate of drug-likeness (QED) is 0.651. The molecule has 0 bridgehead atoms. The molecule has 0 aromatic heterocycles. The van der Waals surface area contributed by atoms with Crippen LogP contribution in [0.15, 0.2) is 48.5 Å². The first-order chi connectivity index (χ1) is 12.7. The molecule has 1 saturated heterocycles. The fourth-order valence-corrected chi connectivity index (χ4v) is 5.08. The van der Waals surface area contributed by atoms with Crippen LogP contribution in [0.1, 0.15) is 51.4 Å². The molecule has 136 valence electrons. The molecule has 4 rings (SSSR count). The van der Waals surface area contributed by atoms with Gasteiger partial charge in [0, 0.05) is 29.7 Å². The molecule has 2 aromatic rings. The number of hydrogen-bond acceptors (Lipinski definition) is 1. The zero-order chi connectivity index (χ0) is 18.0. The number of para-hydroxylation sites is 2. The van der Waals surface area contributed by atoms with Crippen molar-refractivity contribution in [2.45, 2.75) is 57.4 Å². The maximum absolute atomic E-state index is 12.5. The van der Waals surface area contributed by atoms with Gasteiger partial charge in [-0.3, -0.25) is 0 Å². The van der Waals surface area contributed by atoms with Gasteiger partial charge in [0.2, 0.25) is 0 Å². The molecular formula is C23H28NO2+. The predicted molar refractivity (Wildman–Crippen MR) is 107 cm³/mol. The number of rotatable bonds is 1. The number of hydrogen-bond donors (Lipinski definition) is 1. The van der Waals surface area contributed by atoms with Crippen molar-refractivity contribution in [3.05, 3.63) is 48.5 Å². The highest BCUT2D eigenvalue weighted by molar-refractivity contribution is 5.97. The van der Waals surface area contributed by atoms with Gasteiger partial charge < -0.3 is 5.11 Å². The average molecular weight is 350 g/mol. The monoisotopic (exact) mass is 350 g/mol. The Balaban J connectivity index is 1.91. The standard InChI is InChI=1S/C23H27NO2/c25-23(26)22-16-6-4-2-1-3-5-11-17-24(22)20-14-9-7-12-18(20)19-13-8-10-15-21(19)24/h7-10,12-15,22H,1-6,11,16-17H2/p+1. The summed E-state index contributed by atoms with van der Waals surface area (Å²) >= 11 is 0. The van der Waals surface area contributed by atoms with E-state index < -0.39 is 12.0 Å². The number of nitrogens with zero attached hydrogens (tertiary/aromatic N) is 1. The van der Waals surface area contributed by atoms with Gasteiger partial charge in [-0.1, -0.05) is 49.9 Å². The van der Waals surface area contributed by atoms with E-state index in [9.17, 15) is 9.90 Å². The lowest BCUT2D eigenvalue weighted by molar-refractivity contribution is -0.142. The lowest BCUT2D eigenvalue weighted by atomic mass is 10.0. The van der Waals surface area contributed by atoms with Gasteiger partial charge in [-0.25, -0.2) is 9.28 Å². The van der Waals surface area contributed by atoms with Crippen LogP contribution in [0.25, 0.3) is 11.1 Å². The van der Waals surface area contributed by atoms with Gasteiger partial charge >= 0.3 is 5.97 Å². The van der Waals surface area contributed by atoms with Gasteiger partial charge in [-0.05, 0) is 31.4 Å². The molecule has 1 N–H and O–H groups in total. The zero-order valence-electron chi connectivity index (χ0n) is 15.4. The molecule has 2 aliphatic rings. The van der Waals surface area contributed by atoms with Crippen LogP contribution in [-0.4, -0.2) is 23.7 Å². The Bertz CT molecular complexity index is 753. The molecule has 0 aliphatic carbocycles. The van der Waals surface area contributed by atoms with Crippen molar-refractivity contribution in [3.63, 3.8) is 0 Å². The third-order valence-corrected chi connectivity index (χ3v) is 6.26. The first-order valence-corrected chi connectivity index (χ1v) is 10.1. The van der Waals surface area contributed by atoms with Gasteiger partial charge in [0.1, 0.15) is 11.4 Å². The lowest BCUT2D eigenvalue weighted by Crippen LogP contribution is -2.56. The van der Waals surface area contributed by atoms with E-state index in [0.717, 1.165) is 32.2 Å². The molecule has 1 unspecified atom stereocenters. The number of carboxylic acid groups (broad SMARTS) is 1. The summed E-state index contributed by atoms with van der Waals surface area (Å²) in [5.74, 6) is -0.657. The van der Waals surface area contributed by atoms with E-state index in [1.165, 1.54) is 48.2 Å². The second-order valence-electron chi connectivity index (χ2n) is 7.74. The predicted octanol–water partition coefficient (Wildman–Crippen LogP) is 5.89. The number of quaternary nitrogens is 1. The van der Waals surface area contributed by atoms with Crippen LogP contribution < -0.4 is 4.48 Å². The van der Waals surface area contributed by atoms with Gasteiger partial charge in [-0.15, -0.1) is 0 Å². The fourth-order valence-electron chi connectivity index (χ4n) is 5.08. The van der Waals surface area contributed by atoms with Crippen molar-refractivity contribution in [2.24, 2.45) is 0 Å². The van der Waals surface area contributed by atoms with E-state index in [4.69, 9.17) is 0 Å². The van der Waals surface area contributed by atoms with E-state index in [1.54, 1.807) is 0 Å². The number of benzene rings is 2. The van der Waals surface area contributed by atoms with Crippen molar-refractivity contribution in [1.82, 2.24) is 4.48 Å². The van der Waals surface area contributed by atoms with Crippen LogP contribution in [0.4, 0.5) is 11.4 Å². The maximum atomic E-state index is 12.5. The third-order valence-electron chi connectivity index (χ3n) is 6.26. The smallest absolute Gasteiger partial charge is 0.363 e. The molecule has 1 atom stereocenters. The van der Waals surface area contributed by atoms with Crippen LogP contribution in [0.5, 0.6) is 0 Å². The second kappa shape index (κ2) is 7.24. The lowest BCUT2D eigenvalue weighted by Gasteiger charge is -2.40. The van der Waals surface area contributed by atoms with Crippen molar-refractivity contribution in [3.8, 4) is 11.1 Å². The summed E-state index contributed by atoms with van der Waals surface area (Å²) in [5, 5.41) is 10.2. The molecule has 1 spiro atoms. The highest BCUT2D eigenvalue weighted by Crippen LogP contribution is 2.55. The number of fused-ring (bicyclic) bond motifs is 5. The van der Waals surface area contributed by atoms with Crippen molar-refractivity contribution >= 4 is 17.3 Å². The van der Waals surface area contributed by atoms with E-state index in [2.05, 4.69) is 48.5 Å². The SMILES string of the molecule is O=C(O)C1CCCCCCCCC[N+]12c1ccccc1-c1ccccc12. The topological polar surface area (TPSA) is 37.3 Å². The third kappa shape index (κ3) is 2.75. The minimum atomic E-state index is -0.657. The maximum Gasteiger partial charge on any atom is 0.363 e. The first kappa shape index (κ1) is 17.3. The number of aliphatic carboxylic acids is 1. The number of carbonyl (C=O) groups is 1. The summed E-state index contributed by atoms with van der Waals surface area (Å²) in [7, 11) is 0. The molecule has 0 radical (unpaired) electrons. The van der Waals surface area contributed by atoms with E-state index in [0.29, 0.717) is 4.48 Å². The molecule has 0 amide bonds. The Morgan fingerprint density at radius 3 is 1.85 bits per heavy atom. The molecule has 0 saturated carbocycles. The van der Waals surface area contributed by atoms with Crippen LogP contribution in [0.2, 0.25) is 0 Å². The Hall–Kier alpha value is -2.13. The van der Waals surface area contributed by atoms with Crippen molar-refractivity contribution in [1.29, 1.82) is 0 Å². The molecule has 2 aliphatic heterocycles. The van der Waals surface area contributed by atoms with Gasteiger partial charge in [0.15, 0.2) is 6.04 Å². The summed E-state index contributed by atoms with van der Waals surface area (Å²) < 4.78 is 0.502. The second-order valence-corrected chi connectivity index (χ2v) is 7.74. The normalized spacial score (nSPS) is 22.2. The Morgan fingerprint density at radius 2 is 1.27 bits per heavy atom. The summed E-state index contributed by atoms with van der Waals surface area (Å²) in [4.78, 5) is 12.5. The molecule has 26 heavy (non-hydrogen) atoms. The Morgan fingerprint density at radius 1 is 0.769 bits per heavy atom. The largest absolute Gasteiger partial charge is 0.477 e. The fraction of sp³-hybridized carbons (Fsp3) is 0.435. The molecule has 1 fully saturated rings. The summed E-state index contributed by atoms with van der Waals surface area (Å²) in [6, 6.07) is 16.5. The Kier molecular flexibility index (Phi) is 4.82. The highest BCUT2D eigenvalue weighted by Gasteiger charge is 2.51. The van der Waals surface area contributed by atoms with E-state index in [-0.39, 0.29) is 0 Å². The molecule has 2 heterocycles. The van der Waals surface area contributed by atoms with Crippen LogP contribution >= 0.6 is 0 Å². The number of carboxylic acids is 1. The van der Waals surface area contributed by atoms with Crippen LogP contribution in [0.3, 0.4) is 0 Å². The van der Waals surface area contributed by atoms with Crippen molar-refractivity contribution in [2.75, 3.05) is 6.54 Å². The molecule has 3 nitrogen and oxygen atoms in total. The van der Waals surface area contributed by atoms with Crippen molar-refractivity contribution < 1.29 is 9.90 Å². The molecular weight excluding hydrogens is 322 g/mol. The Labute approximate surface area is 155 Å². The average Bonchev–Trinajstić information content (AvgIpc) is 2.91. The van der Waals surface area contributed by atoms with E-state index in [1.807, 2.05) is 0 Å². The summed E-state index contributed by atoms with van der Waals surface area (Å²) in [6.45, 7) is 0.880. The first-order valence-electron chi connectivity index (χ1n) is 10.1. The van der Waals surface area contributed by atoms with Crippen LogP contribution in [-0.2, 0) is 4.79 Å². The summed E-state index contributed by atoms with van der Waals surface area (Å²) in [6.07, 6.45) is 8.95. The zero-order valence-corrected chi connectivity index (χ0v) is 15.4. The van der Waals surface area contributed by atoms with Crippen LogP contribution in [0, 0.1) is 0 Å². The van der Waals surface area contributed by atoms with E-state index >= 15 is 0 Å². The minimum absolute atomic E-state index is 0.405. The van der Waals surface area contributed by atoms with Gasteiger partial charge in [0.25, 0.3) is 0 Å². The minimum Gasteiger partial charge on any atom is -0.477 e. The molecule has 3 heteroatoms. The molecule has 2 aromatic carbocycles. The highest BCUT2D eigenvalue weighted by atomic mass is 16.4. The summed E-state index contributed by atoms with van der Waals surface area (Å²) in [5.41, 5.74) is 4.79. The van der Waals surface area contributed by atoms with Gasteiger partial charge in [0.05, 0.1) is 6.54 Å².